The number of phenolic OH excluding ortho intramolecular Hbond substituents is 1. The van der Waals surface area contributed by atoms with Gasteiger partial charge in [0.1, 0.15) is 12.4 Å². The Bertz CT molecular complexity index is 305. The van der Waals surface area contributed by atoms with Gasteiger partial charge in [0.25, 0.3) is 0 Å². The first-order valence-corrected chi connectivity index (χ1v) is 4.27. The fourth-order valence-corrected chi connectivity index (χ4v) is 1.13. The normalized spacial score (nSPS) is 20.2. The van der Waals surface area contributed by atoms with Crippen LogP contribution in [0.4, 0.5) is 0 Å². The van der Waals surface area contributed by atoms with E-state index in [2.05, 4.69) is 0 Å². The van der Waals surface area contributed by atoms with E-state index in [1.165, 1.54) is 0 Å². The number of rotatable bonds is 3. The molecular weight excluding hydrogens is 168 g/mol. The predicted molar refractivity (Wildman–Crippen MR) is 47.4 cm³/mol. The lowest BCUT2D eigenvalue weighted by Gasteiger charge is -2.03. The highest BCUT2D eigenvalue weighted by Gasteiger charge is 2.22. The minimum absolute atomic E-state index is 0.00545. The molecule has 0 spiro atoms. The van der Waals surface area contributed by atoms with Crippen molar-refractivity contribution in [2.45, 2.75) is 19.8 Å². The second-order valence-electron chi connectivity index (χ2n) is 3.19. The van der Waals surface area contributed by atoms with E-state index < -0.39 is 0 Å². The fourth-order valence-electron chi connectivity index (χ4n) is 1.13. The third-order valence-corrected chi connectivity index (χ3v) is 2.00. The van der Waals surface area contributed by atoms with Crippen LogP contribution in [0.25, 0.3) is 0 Å². The zero-order valence-corrected chi connectivity index (χ0v) is 7.49. The quantitative estimate of drug-likeness (QED) is 0.718. The molecule has 70 valence electrons. The zero-order chi connectivity index (χ0) is 9.26. The summed E-state index contributed by atoms with van der Waals surface area (Å²) >= 11 is 0. The summed E-state index contributed by atoms with van der Waals surface area (Å²) < 4.78 is 10.2. The van der Waals surface area contributed by atoms with E-state index in [0.717, 1.165) is 11.1 Å². The predicted octanol–water partition coefficient (Wildman–Crippen LogP) is 1.57. The molecule has 0 bridgehead atoms. The summed E-state index contributed by atoms with van der Waals surface area (Å²) in [6, 6.07) is 5.45. The summed E-state index contributed by atoms with van der Waals surface area (Å²) in [6.45, 7) is 3.12. The molecule has 1 fully saturated rings. The molecule has 0 amide bonds. The molecule has 1 unspecified atom stereocenters. The van der Waals surface area contributed by atoms with Gasteiger partial charge in [0.15, 0.2) is 6.29 Å². The molecule has 1 atom stereocenters. The summed E-state index contributed by atoms with van der Waals surface area (Å²) in [6.07, 6.45) is -0.00545. The Morgan fingerprint density at radius 1 is 1.62 bits per heavy atom. The summed E-state index contributed by atoms with van der Waals surface area (Å²) in [5, 5.41) is 9.27. The van der Waals surface area contributed by atoms with Crippen LogP contribution in [0.1, 0.15) is 11.1 Å². The van der Waals surface area contributed by atoms with E-state index in [1.807, 2.05) is 19.1 Å². The molecule has 0 aromatic heterocycles. The van der Waals surface area contributed by atoms with Gasteiger partial charge in [-0.1, -0.05) is 12.1 Å². The monoisotopic (exact) mass is 180 g/mol. The molecule has 1 aromatic rings. The van der Waals surface area contributed by atoms with Crippen LogP contribution < -0.4 is 0 Å². The largest absolute Gasteiger partial charge is 0.508 e. The Labute approximate surface area is 76.9 Å². The van der Waals surface area contributed by atoms with Crippen molar-refractivity contribution >= 4 is 0 Å². The second-order valence-corrected chi connectivity index (χ2v) is 3.19. The molecule has 1 heterocycles. The van der Waals surface area contributed by atoms with Crippen LogP contribution in [-0.4, -0.2) is 18.0 Å². The van der Waals surface area contributed by atoms with Crippen molar-refractivity contribution in [3.05, 3.63) is 29.3 Å². The van der Waals surface area contributed by atoms with Crippen molar-refractivity contribution in [1.29, 1.82) is 0 Å². The molecule has 1 saturated heterocycles. The molecule has 0 saturated carbocycles. The van der Waals surface area contributed by atoms with Crippen LogP contribution in [0, 0.1) is 6.92 Å². The van der Waals surface area contributed by atoms with E-state index in [1.54, 1.807) is 6.07 Å². The number of phenols is 1. The zero-order valence-electron chi connectivity index (χ0n) is 7.49. The SMILES string of the molecule is Cc1cc(COC2CO2)ccc1O. The van der Waals surface area contributed by atoms with Gasteiger partial charge in [-0.05, 0) is 24.1 Å². The van der Waals surface area contributed by atoms with E-state index in [9.17, 15) is 5.11 Å². The van der Waals surface area contributed by atoms with Gasteiger partial charge in [0.05, 0.1) is 6.61 Å². The second kappa shape index (κ2) is 3.36. The van der Waals surface area contributed by atoms with Crippen LogP contribution >= 0.6 is 0 Å². The van der Waals surface area contributed by atoms with Gasteiger partial charge in [-0.15, -0.1) is 0 Å². The van der Waals surface area contributed by atoms with Gasteiger partial charge in [0.2, 0.25) is 0 Å². The lowest BCUT2D eigenvalue weighted by Crippen LogP contribution is -1.96. The maximum atomic E-state index is 9.27. The van der Waals surface area contributed by atoms with Crippen molar-refractivity contribution < 1.29 is 14.6 Å². The molecule has 1 aromatic carbocycles. The van der Waals surface area contributed by atoms with Crippen LogP contribution in [0.5, 0.6) is 5.75 Å². The van der Waals surface area contributed by atoms with Crippen LogP contribution in [-0.2, 0) is 16.1 Å². The lowest BCUT2D eigenvalue weighted by atomic mass is 10.1. The topological polar surface area (TPSA) is 42.0 Å². The molecule has 3 nitrogen and oxygen atoms in total. The summed E-state index contributed by atoms with van der Waals surface area (Å²) in [5.41, 5.74) is 1.93. The summed E-state index contributed by atoms with van der Waals surface area (Å²) in [5.74, 6) is 0.325. The van der Waals surface area contributed by atoms with Crippen LogP contribution in [0.15, 0.2) is 18.2 Å². The number of benzene rings is 1. The Morgan fingerprint density at radius 2 is 2.38 bits per heavy atom. The highest BCUT2D eigenvalue weighted by Crippen LogP contribution is 2.19. The van der Waals surface area contributed by atoms with Crippen molar-refractivity contribution in [2.75, 3.05) is 6.61 Å². The highest BCUT2D eigenvalue weighted by molar-refractivity contribution is 5.34. The number of epoxide rings is 1. The third-order valence-electron chi connectivity index (χ3n) is 2.00. The van der Waals surface area contributed by atoms with Gasteiger partial charge in [-0.25, -0.2) is 0 Å². The molecular formula is C10H12O3. The fraction of sp³-hybridized carbons (Fsp3) is 0.400. The van der Waals surface area contributed by atoms with Crippen molar-refractivity contribution in [3.8, 4) is 5.75 Å². The lowest BCUT2D eigenvalue weighted by molar-refractivity contribution is 0.0385. The first kappa shape index (κ1) is 8.53. The Morgan fingerprint density at radius 3 is 3.00 bits per heavy atom. The van der Waals surface area contributed by atoms with Gasteiger partial charge in [-0.3, -0.25) is 0 Å². The first-order valence-electron chi connectivity index (χ1n) is 4.27. The molecule has 0 aliphatic carbocycles. The van der Waals surface area contributed by atoms with E-state index in [-0.39, 0.29) is 6.29 Å². The Hall–Kier alpha value is -1.06. The summed E-state index contributed by atoms with van der Waals surface area (Å²) in [7, 11) is 0. The van der Waals surface area contributed by atoms with Crippen molar-refractivity contribution in [2.24, 2.45) is 0 Å². The van der Waals surface area contributed by atoms with Gasteiger partial charge in [0, 0.05) is 0 Å². The Balaban J connectivity index is 1.98. The molecule has 1 N–H and O–H groups in total. The maximum Gasteiger partial charge on any atom is 0.181 e. The van der Waals surface area contributed by atoms with Gasteiger partial charge >= 0.3 is 0 Å². The van der Waals surface area contributed by atoms with E-state index in [0.29, 0.717) is 19.0 Å². The van der Waals surface area contributed by atoms with Crippen molar-refractivity contribution in [3.63, 3.8) is 0 Å². The number of hydrogen-bond donors (Lipinski definition) is 1. The minimum Gasteiger partial charge on any atom is -0.508 e. The average molecular weight is 180 g/mol. The first-order chi connectivity index (χ1) is 6.25. The number of aryl methyl sites for hydroxylation is 1. The maximum absolute atomic E-state index is 9.27. The van der Waals surface area contributed by atoms with Crippen LogP contribution in [0.3, 0.4) is 0 Å². The molecule has 3 heteroatoms. The van der Waals surface area contributed by atoms with Crippen molar-refractivity contribution in [1.82, 2.24) is 0 Å². The molecule has 0 radical (unpaired) electrons. The highest BCUT2D eigenvalue weighted by atomic mass is 16.8. The smallest absolute Gasteiger partial charge is 0.181 e. The standard InChI is InChI=1S/C10H12O3/c1-7-4-8(2-3-9(7)11)5-12-10-6-13-10/h2-4,10-11H,5-6H2,1H3. The van der Waals surface area contributed by atoms with Crippen LogP contribution in [0.2, 0.25) is 0 Å². The average Bonchev–Trinajstić information content (AvgIpc) is 2.91. The third kappa shape index (κ3) is 2.20. The number of aromatic hydroxyl groups is 1. The molecule has 13 heavy (non-hydrogen) atoms. The minimum atomic E-state index is -0.00545. The molecule has 1 aliphatic heterocycles. The Kier molecular flexibility index (Phi) is 2.20. The number of ether oxygens (including phenoxy) is 2. The molecule has 2 rings (SSSR count). The molecule has 1 aliphatic rings. The number of hydrogen-bond acceptors (Lipinski definition) is 3. The van der Waals surface area contributed by atoms with Gasteiger partial charge in [-0.2, -0.15) is 0 Å². The van der Waals surface area contributed by atoms with Gasteiger partial charge < -0.3 is 14.6 Å². The van der Waals surface area contributed by atoms with E-state index >= 15 is 0 Å². The van der Waals surface area contributed by atoms with E-state index in [4.69, 9.17) is 9.47 Å². The summed E-state index contributed by atoms with van der Waals surface area (Å²) in [4.78, 5) is 0.